The quantitative estimate of drug-likeness (QED) is 0.775. The van der Waals surface area contributed by atoms with Crippen molar-refractivity contribution in [3.05, 3.63) is 53.7 Å². The number of nitrogens with zero attached hydrogens (tertiary/aromatic N) is 2. The Kier molecular flexibility index (Phi) is 3.84. The zero-order chi connectivity index (χ0) is 16.5. The Hall–Kier alpha value is -2.56. The number of amides is 1. The highest BCUT2D eigenvalue weighted by atomic mass is 16.2. The van der Waals surface area contributed by atoms with E-state index in [9.17, 15) is 4.79 Å². The first kappa shape index (κ1) is 15.0. The van der Waals surface area contributed by atoms with Gasteiger partial charge < -0.3 is 14.9 Å². The van der Waals surface area contributed by atoms with Gasteiger partial charge in [0.1, 0.15) is 5.82 Å². The number of aromatic amines is 2. The molecule has 5 nitrogen and oxygen atoms in total. The molecule has 3 heterocycles. The summed E-state index contributed by atoms with van der Waals surface area (Å²) in [5, 5.41) is 1.22. The van der Waals surface area contributed by atoms with Crippen LogP contribution >= 0.6 is 0 Å². The number of aromatic nitrogens is 3. The van der Waals surface area contributed by atoms with E-state index in [1.165, 1.54) is 10.9 Å². The standard InChI is InChI=1S/C19H22N4O/c1-13-10-21-19(22-13)15-8-9-23(12-15)18(24)7-6-14-11-20-17-5-3-2-4-16(14)17/h2-5,10-11,15,20H,6-9,12H2,1H3,(H,21,22)/t15-/m0/s1. The van der Waals surface area contributed by atoms with Crippen LogP contribution < -0.4 is 0 Å². The van der Waals surface area contributed by atoms with Crippen molar-refractivity contribution in [1.82, 2.24) is 19.9 Å². The molecule has 124 valence electrons. The van der Waals surface area contributed by atoms with Gasteiger partial charge in [0.15, 0.2) is 0 Å². The molecule has 4 rings (SSSR count). The summed E-state index contributed by atoms with van der Waals surface area (Å²) in [6, 6.07) is 8.24. The van der Waals surface area contributed by atoms with Crippen LogP contribution in [0.15, 0.2) is 36.7 Å². The third-order valence-corrected chi connectivity index (χ3v) is 4.93. The van der Waals surface area contributed by atoms with E-state index in [1.807, 2.05) is 36.4 Å². The number of nitrogens with one attached hydrogen (secondary N) is 2. The summed E-state index contributed by atoms with van der Waals surface area (Å²) in [5.41, 5.74) is 3.43. The molecule has 1 aliphatic rings. The third-order valence-electron chi connectivity index (χ3n) is 4.93. The van der Waals surface area contributed by atoms with Gasteiger partial charge in [0.25, 0.3) is 0 Å². The van der Waals surface area contributed by atoms with Crippen molar-refractivity contribution >= 4 is 16.8 Å². The van der Waals surface area contributed by atoms with Crippen LogP contribution in [0.5, 0.6) is 0 Å². The third kappa shape index (κ3) is 2.82. The maximum absolute atomic E-state index is 12.5. The van der Waals surface area contributed by atoms with Crippen molar-refractivity contribution in [2.45, 2.75) is 32.1 Å². The lowest BCUT2D eigenvalue weighted by molar-refractivity contribution is -0.130. The van der Waals surface area contributed by atoms with E-state index in [1.54, 1.807) is 0 Å². The van der Waals surface area contributed by atoms with Crippen LogP contribution in [0.3, 0.4) is 0 Å². The normalized spacial score (nSPS) is 17.7. The lowest BCUT2D eigenvalue weighted by atomic mass is 10.1. The van der Waals surface area contributed by atoms with E-state index in [0.717, 1.165) is 43.0 Å². The fourth-order valence-corrected chi connectivity index (χ4v) is 3.59. The van der Waals surface area contributed by atoms with Gasteiger partial charge in [-0.15, -0.1) is 0 Å². The van der Waals surface area contributed by atoms with E-state index in [4.69, 9.17) is 0 Å². The molecule has 0 radical (unpaired) electrons. The summed E-state index contributed by atoms with van der Waals surface area (Å²) in [4.78, 5) is 25.5. The summed E-state index contributed by atoms with van der Waals surface area (Å²) in [5.74, 6) is 1.60. The Morgan fingerprint density at radius 2 is 2.25 bits per heavy atom. The minimum absolute atomic E-state index is 0.242. The van der Waals surface area contributed by atoms with Gasteiger partial charge in [0.05, 0.1) is 0 Å². The molecule has 0 bridgehead atoms. The van der Waals surface area contributed by atoms with E-state index < -0.39 is 0 Å². The molecule has 0 unspecified atom stereocenters. The first-order valence-electron chi connectivity index (χ1n) is 8.55. The number of para-hydroxylation sites is 1. The molecule has 5 heteroatoms. The lowest BCUT2D eigenvalue weighted by Crippen LogP contribution is -2.28. The number of rotatable bonds is 4. The van der Waals surface area contributed by atoms with E-state index in [2.05, 4.69) is 27.1 Å². The van der Waals surface area contributed by atoms with Crippen LogP contribution in [-0.2, 0) is 11.2 Å². The van der Waals surface area contributed by atoms with Gasteiger partial charge in [-0.3, -0.25) is 4.79 Å². The molecule has 1 aliphatic heterocycles. The average molecular weight is 322 g/mol. The second kappa shape index (κ2) is 6.15. The number of likely N-dealkylation sites (tertiary alicyclic amines) is 1. The molecular formula is C19H22N4O. The number of fused-ring (bicyclic) bond motifs is 1. The molecule has 24 heavy (non-hydrogen) atoms. The van der Waals surface area contributed by atoms with Crippen molar-refractivity contribution in [3.8, 4) is 0 Å². The van der Waals surface area contributed by atoms with Crippen LogP contribution in [0.4, 0.5) is 0 Å². The van der Waals surface area contributed by atoms with E-state index in [-0.39, 0.29) is 5.91 Å². The Morgan fingerprint density at radius 3 is 3.08 bits per heavy atom. The monoisotopic (exact) mass is 322 g/mol. The van der Waals surface area contributed by atoms with Gasteiger partial charge in [-0.05, 0) is 31.4 Å². The predicted molar refractivity (Wildman–Crippen MR) is 93.9 cm³/mol. The molecule has 2 aromatic heterocycles. The Bertz CT molecular complexity index is 863. The van der Waals surface area contributed by atoms with Crippen LogP contribution in [0.1, 0.15) is 35.8 Å². The number of hydrogen-bond acceptors (Lipinski definition) is 2. The molecule has 1 fully saturated rings. The Morgan fingerprint density at radius 1 is 1.38 bits per heavy atom. The summed E-state index contributed by atoms with van der Waals surface area (Å²) in [7, 11) is 0. The van der Waals surface area contributed by atoms with Crippen molar-refractivity contribution < 1.29 is 4.79 Å². The van der Waals surface area contributed by atoms with Crippen molar-refractivity contribution in [1.29, 1.82) is 0 Å². The van der Waals surface area contributed by atoms with E-state index in [0.29, 0.717) is 12.3 Å². The first-order valence-corrected chi connectivity index (χ1v) is 8.55. The molecule has 0 saturated carbocycles. The van der Waals surface area contributed by atoms with Gasteiger partial charge in [0.2, 0.25) is 5.91 Å². The molecule has 0 spiro atoms. The fourth-order valence-electron chi connectivity index (χ4n) is 3.59. The second-order valence-electron chi connectivity index (χ2n) is 6.64. The van der Waals surface area contributed by atoms with Gasteiger partial charge in [0, 0.05) is 54.4 Å². The smallest absolute Gasteiger partial charge is 0.222 e. The van der Waals surface area contributed by atoms with Crippen LogP contribution in [-0.4, -0.2) is 38.8 Å². The number of carbonyl (C=O) groups excluding carboxylic acids is 1. The SMILES string of the molecule is Cc1cnc([C@H]2CCN(C(=O)CCc3c[nH]c4ccccc34)C2)[nH]1. The summed E-state index contributed by atoms with van der Waals surface area (Å²) < 4.78 is 0. The highest BCUT2D eigenvalue weighted by molar-refractivity contribution is 5.84. The molecule has 2 N–H and O–H groups in total. The molecule has 1 saturated heterocycles. The lowest BCUT2D eigenvalue weighted by Gasteiger charge is -2.16. The topological polar surface area (TPSA) is 64.8 Å². The first-order chi connectivity index (χ1) is 11.7. The summed E-state index contributed by atoms with van der Waals surface area (Å²) in [6.07, 6.45) is 6.22. The maximum atomic E-state index is 12.5. The minimum atomic E-state index is 0.242. The van der Waals surface area contributed by atoms with E-state index >= 15 is 0 Å². The number of imidazole rings is 1. The molecule has 1 atom stereocenters. The Labute approximate surface area is 141 Å². The molecular weight excluding hydrogens is 300 g/mol. The van der Waals surface area contributed by atoms with Crippen LogP contribution in [0.25, 0.3) is 10.9 Å². The average Bonchev–Trinajstić information content (AvgIpc) is 3.31. The molecule has 1 amide bonds. The zero-order valence-corrected chi connectivity index (χ0v) is 13.9. The second-order valence-corrected chi connectivity index (χ2v) is 6.64. The largest absolute Gasteiger partial charge is 0.361 e. The summed E-state index contributed by atoms with van der Waals surface area (Å²) in [6.45, 7) is 3.62. The summed E-state index contributed by atoms with van der Waals surface area (Å²) >= 11 is 0. The fraction of sp³-hybridized carbons (Fsp3) is 0.368. The predicted octanol–water partition coefficient (Wildman–Crippen LogP) is 3.15. The highest BCUT2D eigenvalue weighted by Crippen LogP contribution is 2.26. The van der Waals surface area contributed by atoms with Gasteiger partial charge >= 0.3 is 0 Å². The molecule has 0 aliphatic carbocycles. The number of aryl methyl sites for hydroxylation is 2. The Balaban J connectivity index is 1.37. The minimum Gasteiger partial charge on any atom is -0.361 e. The van der Waals surface area contributed by atoms with Gasteiger partial charge in [-0.2, -0.15) is 0 Å². The number of H-pyrrole nitrogens is 2. The number of benzene rings is 1. The van der Waals surface area contributed by atoms with Crippen LogP contribution in [0, 0.1) is 6.92 Å². The number of carbonyl (C=O) groups is 1. The molecule has 3 aromatic rings. The van der Waals surface area contributed by atoms with Crippen molar-refractivity contribution in [3.63, 3.8) is 0 Å². The van der Waals surface area contributed by atoms with Crippen LogP contribution in [0.2, 0.25) is 0 Å². The zero-order valence-electron chi connectivity index (χ0n) is 13.9. The van der Waals surface area contributed by atoms with Gasteiger partial charge in [-0.1, -0.05) is 18.2 Å². The molecule has 1 aromatic carbocycles. The number of hydrogen-bond donors (Lipinski definition) is 2. The maximum Gasteiger partial charge on any atom is 0.222 e. The van der Waals surface area contributed by atoms with Gasteiger partial charge in [-0.25, -0.2) is 4.98 Å². The van der Waals surface area contributed by atoms with Crippen molar-refractivity contribution in [2.24, 2.45) is 0 Å². The highest BCUT2D eigenvalue weighted by Gasteiger charge is 2.28. The van der Waals surface area contributed by atoms with Crippen molar-refractivity contribution in [2.75, 3.05) is 13.1 Å².